The Morgan fingerprint density at radius 1 is 0.648 bits per heavy atom. The molecule has 5 aromatic carbocycles. The van der Waals surface area contributed by atoms with Gasteiger partial charge in [0.25, 0.3) is 0 Å². The van der Waals surface area contributed by atoms with Gasteiger partial charge in [0.1, 0.15) is 5.65 Å². The Morgan fingerprint density at radius 2 is 1.39 bits per heavy atom. The van der Waals surface area contributed by atoms with Crippen molar-refractivity contribution in [2.45, 2.75) is 12.3 Å². The molecular weight excluding hydrogens is 661 g/mol. The standard InChI is InChI=1S/C48H34N6/c1-30(18-22-49)48(33-19-23-50-28-33)42-8-4-2-6-36(42)39-27-46-40(26-43(39)48)37-7-3-5-9-44(37)53(46)34-14-10-31(11-15-34)32-12-16-35(17-13-32)54-45-21-24-51-29-41(45)38-20-25-52-47(38)54/h2-29,49-50,52H,1H3/b30-18+,49-22?. The summed E-state index contributed by atoms with van der Waals surface area (Å²) in [6, 6.07) is 46.4. The predicted octanol–water partition coefficient (Wildman–Crippen LogP) is 11.5. The number of benzene rings is 5. The molecule has 6 heteroatoms. The molecule has 5 aromatic heterocycles. The number of aromatic nitrogens is 5. The predicted molar refractivity (Wildman–Crippen MR) is 221 cm³/mol. The fourth-order valence-corrected chi connectivity index (χ4v) is 9.33. The highest BCUT2D eigenvalue weighted by Crippen LogP contribution is 2.57. The maximum atomic E-state index is 8.05. The Bertz CT molecular complexity index is 3120. The van der Waals surface area contributed by atoms with E-state index in [0.717, 1.165) is 44.6 Å². The summed E-state index contributed by atoms with van der Waals surface area (Å²) < 4.78 is 4.68. The van der Waals surface area contributed by atoms with E-state index in [2.05, 4.69) is 165 Å². The minimum absolute atomic E-state index is 0.517. The molecule has 0 amide bonds. The minimum Gasteiger partial charge on any atom is -0.367 e. The molecule has 10 aromatic rings. The van der Waals surface area contributed by atoms with Gasteiger partial charge in [0, 0.05) is 70.1 Å². The van der Waals surface area contributed by atoms with Gasteiger partial charge in [-0.25, -0.2) is 0 Å². The summed E-state index contributed by atoms with van der Waals surface area (Å²) in [5.74, 6) is 0. The molecule has 256 valence electrons. The van der Waals surface area contributed by atoms with E-state index in [0.29, 0.717) is 0 Å². The van der Waals surface area contributed by atoms with E-state index in [1.165, 1.54) is 61.2 Å². The number of H-pyrrole nitrogens is 2. The Balaban J connectivity index is 1.05. The SMILES string of the molecule is C/C(=C\C=N)C1(c2cc[nH]c2)c2ccccc2-c2cc3c(cc21)c1ccccc1n3-c1ccc(-c2ccc(-n3c4ccncc4c4cc[nH]c43)cc2)cc1. The highest BCUT2D eigenvalue weighted by atomic mass is 15.0. The number of nitrogens with one attached hydrogen (secondary N) is 3. The first kappa shape index (κ1) is 30.4. The molecule has 0 spiro atoms. The number of rotatable bonds is 6. The molecule has 0 aliphatic heterocycles. The number of fused-ring (bicyclic) bond motifs is 9. The van der Waals surface area contributed by atoms with Gasteiger partial charge in [-0.05, 0) is 113 Å². The maximum Gasteiger partial charge on any atom is 0.123 e. The van der Waals surface area contributed by atoms with Gasteiger partial charge < -0.3 is 19.9 Å². The van der Waals surface area contributed by atoms with Crippen molar-refractivity contribution in [2.24, 2.45) is 0 Å². The molecule has 6 nitrogen and oxygen atoms in total. The fraction of sp³-hybridized carbons (Fsp3) is 0.0417. The average molecular weight is 695 g/mol. The lowest BCUT2D eigenvalue weighted by Crippen LogP contribution is -2.28. The Kier molecular flexibility index (Phi) is 6.43. The monoisotopic (exact) mass is 694 g/mol. The van der Waals surface area contributed by atoms with Crippen molar-refractivity contribution in [3.63, 3.8) is 0 Å². The molecular formula is C48H34N6. The molecule has 5 heterocycles. The molecule has 1 aliphatic carbocycles. The third-order valence-electron chi connectivity index (χ3n) is 11.7. The second-order valence-electron chi connectivity index (χ2n) is 14.2. The number of hydrogen-bond donors (Lipinski definition) is 3. The van der Waals surface area contributed by atoms with Crippen LogP contribution in [0.2, 0.25) is 0 Å². The second kappa shape index (κ2) is 11.4. The van der Waals surface area contributed by atoms with Gasteiger partial charge in [-0.2, -0.15) is 0 Å². The Morgan fingerprint density at radius 3 is 2.17 bits per heavy atom. The van der Waals surface area contributed by atoms with Crippen LogP contribution in [-0.4, -0.2) is 30.3 Å². The molecule has 1 unspecified atom stereocenters. The van der Waals surface area contributed by atoms with Crippen molar-refractivity contribution in [3.05, 3.63) is 187 Å². The van der Waals surface area contributed by atoms with Crippen molar-refractivity contribution in [3.8, 4) is 33.6 Å². The van der Waals surface area contributed by atoms with E-state index in [1.807, 2.05) is 30.9 Å². The smallest absolute Gasteiger partial charge is 0.123 e. The lowest BCUT2D eigenvalue weighted by atomic mass is 9.68. The van der Waals surface area contributed by atoms with Gasteiger partial charge in [0.15, 0.2) is 0 Å². The van der Waals surface area contributed by atoms with Crippen LogP contribution in [0.25, 0.3) is 77.4 Å². The molecule has 0 fully saturated rings. The summed E-state index contributed by atoms with van der Waals surface area (Å²) in [6.07, 6.45) is 13.2. The van der Waals surface area contributed by atoms with Crippen molar-refractivity contribution in [1.82, 2.24) is 24.1 Å². The molecule has 1 atom stereocenters. The van der Waals surface area contributed by atoms with Gasteiger partial charge in [-0.3, -0.25) is 9.55 Å². The number of pyridine rings is 1. The normalized spacial score (nSPS) is 15.4. The van der Waals surface area contributed by atoms with Crippen molar-refractivity contribution in [1.29, 1.82) is 5.41 Å². The molecule has 3 N–H and O–H groups in total. The summed E-state index contributed by atoms with van der Waals surface area (Å²) in [7, 11) is 0. The van der Waals surface area contributed by atoms with Crippen molar-refractivity contribution < 1.29 is 0 Å². The van der Waals surface area contributed by atoms with Crippen LogP contribution in [-0.2, 0) is 5.41 Å². The van der Waals surface area contributed by atoms with E-state index in [1.54, 1.807) is 0 Å². The van der Waals surface area contributed by atoms with E-state index in [4.69, 9.17) is 5.41 Å². The quantitative estimate of drug-likeness (QED) is 0.149. The third kappa shape index (κ3) is 4.05. The Labute approximate surface area is 311 Å². The zero-order valence-corrected chi connectivity index (χ0v) is 29.5. The zero-order valence-electron chi connectivity index (χ0n) is 29.5. The van der Waals surface area contributed by atoms with Crippen molar-refractivity contribution >= 4 is 50.0 Å². The highest BCUT2D eigenvalue weighted by molar-refractivity contribution is 6.12. The first-order valence-corrected chi connectivity index (χ1v) is 18.3. The van der Waals surface area contributed by atoms with Gasteiger partial charge in [-0.15, -0.1) is 0 Å². The summed E-state index contributed by atoms with van der Waals surface area (Å²) in [6.45, 7) is 2.16. The summed E-state index contributed by atoms with van der Waals surface area (Å²) in [5, 5.41) is 12.8. The number of allylic oxidation sites excluding steroid dienone is 2. The van der Waals surface area contributed by atoms with Crippen LogP contribution in [0.3, 0.4) is 0 Å². The largest absolute Gasteiger partial charge is 0.367 e. The van der Waals surface area contributed by atoms with Crippen LogP contribution in [0, 0.1) is 5.41 Å². The number of para-hydroxylation sites is 1. The topological polar surface area (TPSA) is 78.2 Å². The molecule has 1 aliphatic rings. The van der Waals surface area contributed by atoms with Crippen LogP contribution >= 0.6 is 0 Å². The molecule has 54 heavy (non-hydrogen) atoms. The lowest BCUT2D eigenvalue weighted by molar-refractivity contribution is 0.750. The van der Waals surface area contributed by atoms with Gasteiger partial charge in [-0.1, -0.05) is 72.3 Å². The van der Waals surface area contributed by atoms with Gasteiger partial charge in [0.2, 0.25) is 0 Å². The second-order valence-corrected chi connectivity index (χ2v) is 14.2. The van der Waals surface area contributed by atoms with Gasteiger partial charge in [0.05, 0.1) is 22.0 Å². The lowest BCUT2D eigenvalue weighted by Gasteiger charge is -2.33. The highest BCUT2D eigenvalue weighted by Gasteiger charge is 2.46. The molecule has 0 saturated heterocycles. The maximum absolute atomic E-state index is 8.05. The number of nitrogens with zero attached hydrogens (tertiary/aromatic N) is 3. The fourth-order valence-electron chi connectivity index (χ4n) is 9.33. The average Bonchev–Trinajstić information content (AvgIpc) is 4.06. The molecule has 11 rings (SSSR count). The van der Waals surface area contributed by atoms with Crippen LogP contribution < -0.4 is 0 Å². The van der Waals surface area contributed by atoms with Crippen LogP contribution in [0.4, 0.5) is 0 Å². The molecule has 0 saturated carbocycles. The Hall–Kier alpha value is -7.18. The summed E-state index contributed by atoms with van der Waals surface area (Å²) in [4.78, 5) is 11.1. The van der Waals surface area contributed by atoms with Crippen molar-refractivity contribution in [2.75, 3.05) is 0 Å². The number of hydrogen-bond acceptors (Lipinski definition) is 2. The summed E-state index contributed by atoms with van der Waals surface area (Å²) >= 11 is 0. The van der Waals surface area contributed by atoms with Gasteiger partial charge >= 0.3 is 0 Å². The first-order chi connectivity index (χ1) is 26.7. The van der Waals surface area contributed by atoms with Crippen LogP contribution in [0.15, 0.2) is 170 Å². The third-order valence-corrected chi connectivity index (χ3v) is 11.7. The minimum atomic E-state index is -0.517. The zero-order chi connectivity index (χ0) is 36.0. The summed E-state index contributed by atoms with van der Waals surface area (Å²) in [5.41, 5.74) is 15.8. The number of aromatic amines is 2. The van der Waals surface area contributed by atoms with E-state index in [-0.39, 0.29) is 0 Å². The molecule has 0 bridgehead atoms. The first-order valence-electron chi connectivity index (χ1n) is 18.3. The van der Waals surface area contributed by atoms with E-state index < -0.39 is 5.41 Å². The van der Waals surface area contributed by atoms with E-state index >= 15 is 0 Å². The van der Waals surface area contributed by atoms with E-state index in [9.17, 15) is 0 Å². The molecule has 0 radical (unpaired) electrons. The van der Waals surface area contributed by atoms with Crippen LogP contribution in [0.1, 0.15) is 23.6 Å². The van der Waals surface area contributed by atoms with Crippen LogP contribution in [0.5, 0.6) is 0 Å².